The fourth-order valence-electron chi connectivity index (χ4n) is 2.31. The molecule has 1 aliphatic rings. The van der Waals surface area contributed by atoms with Crippen molar-refractivity contribution >= 4 is 11.7 Å². The van der Waals surface area contributed by atoms with Crippen LogP contribution in [0.15, 0.2) is 6.07 Å². The molecule has 1 saturated carbocycles. The number of hydrogen-bond acceptors (Lipinski definition) is 4. The van der Waals surface area contributed by atoms with Crippen molar-refractivity contribution < 1.29 is 5.11 Å². The summed E-state index contributed by atoms with van der Waals surface area (Å²) in [6, 6.07) is 2.37. The molecule has 1 aliphatic carbocycles. The summed E-state index contributed by atoms with van der Waals surface area (Å²) < 4.78 is 0. The van der Waals surface area contributed by atoms with Crippen molar-refractivity contribution in [1.29, 1.82) is 5.41 Å². The van der Waals surface area contributed by atoms with E-state index in [1.165, 1.54) is 0 Å². The molecule has 2 rings (SSSR count). The quantitative estimate of drug-likeness (QED) is 0.535. The number of aromatic nitrogens is 1. The summed E-state index contributed by atoms with van der Waals surface area (Å²) in [5.74, 6) is 0.787. The Hall–Kier alpha value is -1.62. The van der Waals surface area contributed by atoms with Crippen molar-refractivity contribution in [3.63, 3.8) is 0 Å². The Kier molecular flexibility index (Phi) is 3.52. The smallest absolute Gasteiger partial charge is 0.140 e. The number of nitrogen functional groups attached to an aromatic ring is 1. The first-order valence-electron chi connectivity index (χ1n) is 6.24. The summed E-state index contributed by atoms with van der Waals surface area (Å²) in [5, 5.41) is 16.9. The fraction of sp³-hybridized carbons (Fsp3) is 0.538. The predicted octanol–water partition coefficient (Wildman–Crippen LogP) is 0.944. The zero-order chi connectivity index (χ0) is 13.3. The van der Waals surface area contributed by atoms with E-state index in [2.05, 4.69) is 9.88 Å². The second kappa shape index (κ2) is 4.94. The zero-order valence-electron chi connectivity index (χ0n) is 10.9. The highest BCUT2D eigenvalue weighted by molar-refractivity contribution is 6.01. The molecule has 98 valence electrons. The lowest BCUT2D eigenvalue weighted by Crippen LogP contribution is -2.32. The minimum Gasteiger partial charge on any atom is -0.395 e. The van der Waals surface area contributed by atoms with Gasteiger partial charge in [0.05, 0.1) is 12.2 Å². The summed E-state index contributed by atoms with van der Waals surface area (Å²) in [6.45, 7) is 4.51. The van der Waals surface area contributed by atoms with Gasteiger partial charge in [-0.05, 0) is 38.3 Å². The molecule has 1 aromatic rings. The maximum atomic E-state index is 9.19. The number of aliphatic hydroxyl groups is 1. The Morgan fingerprint density at radius 1 is 1.56 bits per heavy atom. The summed E-state index contributed by atoms with van der Waals surface area (Å²) in [5.41, 5.74) is 8.25. The lowest BCUT2D eigenvalue weighted by Gasteiger charge is -2.26. The van der Waals surface area contributed by atoms with Gasteiger partial charge in [0.2, 0.25) is 0 Å². The summed E-state index contributed by atoms with van der Waals surface area (Å²) in [7, 11) is 0. The molecule has 0 bridgehead atoms. The number of amidine groups is 1. The molecule has 1 aromatic heterocycles. The molecular weight excluding hydrogens is 228 g/mol. The van der Waals surface area contributed by atoms with Crippen LogP contribution in [-0.2, 0) is 0 Å². The van der Waals surface area contributed by atoms with E-state index in [0.717, 1.165) is 29.9 Å². The van der Waals surface area contributed by atoms with Gasteiger partial charge < -0.3 is 15.7 Å². The van der Waals surface area contributed by atoms with Gasteiger partial charge in [0, 0.05) is 18.3 Å². The normalized spacial score (nSPS) is 14.6. The average Bonchev–Trinajstić information content (AvgIpc) is 3.07. The van der Waals surface area contributed by atoms with E-state index in [1.54, 1.807) is 0 Å². The number of pyridine rings is 1. The Labute approximate surface area is 107 Å². The van der Waals surface area contributed by atoms with Crippen LogP contribution in [0.25, 0.3) is 0 Å². The molecular formula is C13H20N4O. The topological polar surface area (TPSA) is 86.2 Å². The van der Waals surface area contributed by atoms with E-state index in [-0.39, 0.29) is 12.4 Å². The molecule has 5 heteroatoms. The van der Waals surface area contributed by atoms with E-state index in [1.807, 2.05) is 19.9 Å². The molecule has 0 spiro atoms. The van der Waals surface area contributed by atoms with Crippen molar-refractivity contribution in [1.82, 2.24) is 4.98 Å². The number of aliphatic hydroxyl groups excluding tert-OH is 1. The second-order valence-corrected chi connectivity index (χ2v) is 4.84. The summed E-state index contributed by atoms with van der Waals surface area (Å²) in [6.07, 6.45) is 2.23. The van der Waals surface area contributed by atoms with Crippen LogP contribution in [0.1, 0.15) is 29.7 Å². The number of rotatable bonds is 5. The number of anilines is 1. The van der Waals surface area contributed by atoms with E-state index in [0.29, 0.717) is 18.2 Å². The van der Waals surface area contributed by atoms with E-state index >= 15 is 0 Å². The average molecular weight is 248 g/mol. The first-order valence-corrected chi connectivity index (χ1v) is 6.24. The largest absolute Gasteiger partial charge is 0.395 e. The van der Waals surface area contributed by atoms with Crippen LogP contribution in [0.5, 0.6) is 0 Å². The third kappa shape index (κ3) is 2.46. The highest BCUT2D eigenvalue weighted by Crippen LogP contribution is 2.33. The third-order valence-corrected chi connectivity index (χ3v) is 3.20. The van der Waals surface area contributed by atoms with Gasteiger partial charge in [0.1, 0.15) is 11.7 Å². The molecule has 1 fully saturated rings. The van der Waals surface area contributed by atoms with Crippen LogP contribution >= 0.6 is 0 Å². The van der Waals surface area contributed by atoms with Crippen LogP contribution in [0.2, 0.25) is 0 Å². The highest BCUT2D eigenvalue weighted by atomic mass is 16.3. The van der Waals surface area contributed by atoms with Gasteiger partial charge in [-0.1, -0.05) is 0 Å². The van der Waals surface area contributed by atoms with Crippen LogP contribution in [0.4, 0.5) is 5.82 Å². The molecule has 18 heavy (non-hydrogen) atoms. The fourth-order valence-corrected chi connectivity index (χ4v) is 2.31. The summed E-state index contributed by atoms with van der Waals surface area (Å²) in [4.78, 5) is 6.61. The van der Waals surface area contributed by atoms with E-state index < -0.39 is 0 Å². The molecule has 0 saturated heterocycles. The molecule has 0 aromatic carbocycles. The molecule has 0 amide bonds. The SMILES string of the molecule is Cc1cc(C)c(C(=N)N)c(N(CCO)C2CC2)n1. The van der Waals surface area contributed by atoms with E-state index in [4.69, 9.17) is 11.1 Å². The maximum absolute atomic E-state index is 9.19. The van der Waals surface area contributed by atoms with E-state index in [9.17, 15) is 5.11 Å². The molecule has 0 unspecified atom stereocenters. The van der Waals surface area contributed by atoms with Crippen molar-refractivity contribution in [2.75, 3.05) is 18.1 Å². The van der Waals surface area contributed by atoms with Crippen LogP contribution in [-0.4, -0.2) is 35.1 Å². The third-order valence-electron chi connectivity index (χ3n) is 3.20. The minimum absolute atomic E-state index is 0.0404. The Bertz CT molecular complexity index is 468. The van der Waals surface area contributed by atoms with Crippen molar-refractivity contribution in [3.05, 3.63) is 22.9 Å². The van der Waals surface area contributed by atoms with Crippen LogP contribution < -0.4 is 10.6 Å². The van der Waals surface area contributed by atoms with Gasteiger partial charge in [-0.2, -0.15) is 0 Å². The maximum Gasteiger partial charge on any atom is 0.140 e. The van der Waals surface area contributed by atoms with Gasteiger partial charge in [-0.25, -0.2) is 4.98 Å². The van der Waals surface area contributed by atoms with Crippen LogP contribution in [0.3, 0.4) is 0 Å². The first-order chi connectivity index (χ1) is 8.54. The van der Waals surface area contributed by atoms with Gasteiger partial charge in [0.25, 0.3) is 0 Å². The number of nitrogens with zero attached hydrogens (tertiary/aromatic N) is 2. The Morgan fingerprint density at radius 2 is 2.22 bits per heavy atom. The van der Waals surface area contributed by atoms with Crippen molar-refractivity contribution in [2.45, 2.75) is 32.7 Å². The molecule has 0 aliphatic heterocycles. The van der Waals surface area contributed by atoms with Crippen LogP contribution in [0, 0.1) is 19.3 Å². The number of nitrogens with two attached hydrogens (primary N) is 1. The van der Waals surface area contributed by atoms with Gasteiger partial charge in [-0.15, -0.1) is 0 Å². The minimum atomic E-state index is 0.0404. The number of aryl methyl sites for hydroxylation is 2. The Balaban J connectivity index is 2.48. The Morgan fingerprint density at radius 3 is 2.72 bits per heavy atom. The van der Waals surface area contributed by atoms with Crippen molar-refractivity contribution in [2.24, 2.45) is 5.73 Å². The highest BCUT2D eigenvalue weighted by Gasteiger charge is 2.31. The summed E-state index contributed by atoms with van der Waals surface area (Å²) >= 11 is 0. The van der Waals surface area contributed by atoms with Crippen molar-refractivity contribution in [3.8, 4) is 0 Å². The molecule has 4 N–H and O–H groups in total. The molecule has 1 heterocycles. The first kappa shape index (κ1) is 12.8. The number of hydrogen-bond donors (Lipinski definition) is 3. The molecule has 0 radical (unpaired) electrons. The lowest BCUT2D eigenvalue weighted by molar-refractivity contribution is 0.301. The molecule has 0 atom stereocenters. The lowest BCUT2D eigenvalue weighted by atomic mass is 10.1. The predicted molar refractivity (Wildman–Crippen MR) is 72.2 cm³/mol. The van der Waals surface area contributed by atoms with Gasteiger partial charge in [-0.3, -0.25) is 5.41 Å². The molecule has 5 nitrogen and oxygen atoms in total. The second-order valence-electron chi connectivity index (χ2n) is 4.84. The van der Waals surface area contributed by atoms with Gasteiger partial charge in [0.15, 0.2) is 0 Å². The zero-order valence-corrected chi connectivity index (χ0v) is 10.9. The monoisotopic (exact) mass is 248 g/mol. The standard InChI is InChI=1S/C13H20N4O/c1-8-7-9(2)16-13(11(8)12(14)15)17(5-6-18)10-3-4-10/h7,10,18H,3-6H2,1-2H3,(H3,14,15). The number of nitrogens with one attached hydrogen (secondary N) is 1. The van der Waals surface area contributed by atoms with Gasteiger partial charge >= 0.3 is 0 Å².